The molecule has 0 aliphatic carbocycles. The largest absolute Gasteiger partial charge is 0.490 e. The Morgan fingerprint density at radius 3 is 2.41 bits per heavy atom. The molecular formula is C19H22F3N3O4. The molecule has 0 unspecified atom stereocenters. The van der Waals surface area contributed by atoms with Gasteiger partial charge in [0.05, 0.1) is 0 Å². The lowest BCUT2D eigenvalue weighted by Gasteiger charge is -2.28. The summed E-state index contributed by atoms with van der Waals surface area (Å²) in [5.41, 5.74) is 5.11. The molecule has 0 radical (unpaired) electrons. The van der Waals surface area contributed by atoms with E-state index in [1.807, 2.05) is 0 Å². The summed E-state index contributed by atoms with van der Waals surface area (Å²) in [7, 11) is 1.76. The van der Waals surface area contributed by atoms with Crippen LogP contribution in [0.3, 0.4) is 0 Å². The molecule has 1 aliphatic heterocycles. The van der Waals surface area contributed by atoms with Gasteiger partial charge in [0.15, 0.2) is 5.69 Å². The number of carbonyl (C=O) groups is 2. The van der Waals surface area contributed by atoms with Crippen LogP contribution >= 0.6 is 0 Å². The summed E-state index contributed by atoms with van der Waals surface area (Å²) >= 11 is 0. The van der Waals surface area contributed by atoms with Crippen LogP contribution in [0.4, 0.5) is 13.2 Å². The molecule has 0 saturated heterocycles. The van der Waals surface area contributed by atoms with Gasteiger partial charge in [0.25, 0.3) is 0 Å². The van der Waals surface area contributed by atoms with Crippen molar-refractivity contribution in [1.82, 2.24) is 14.7 Å². The van der Waals surface area contributed by atoms with E-state index >= 15 is 0 Å². The lowest BCUT2D eigenvalue weighted by Crippen LogP contribution is -2.30. The number of aryl methyl sites for hydroxylation is 2. The molecule has 1 aromatic carbocycles. The minimum absolute atomic E-state index is 0.162. The zero-order chi connectivity index (χ0) is 21.8. The first-order valence-electron chi connectivity index (χ1n) is 8.90. The zero-order valence-electron chi connectivity index (χ0n) is 16.0. The molecule has 158 valence electrons. The minimum atomic E-state index is -5.08. The average Bonchev–Trinajstić information content (AvgIpc) is 3.01. The topological polar surface area (TPSA) is 95.7 Å². The Bertz CT molecular complexity index is 893. The number of carboxylic acids is 2. The summed E-state index contributed by atoms with van der Waals surface area (Å²) in [5, 5.41) is 20.4. The van der Waals surface area contributed by atoms with Crippen molar-refractivity contribution in [3.05, 3.63) is 52.3 Å². The lowest BCUT2D eigenvalue weighted by atomic mass is 9.96. The summed E-state index contributed by atoms with van der Waals surface area (Å²) in [6.07, 6.45) is -1.19. The van der Waals surface area contributed by atoms with Crippen LogP contribution in [0.2, 0.25) is 0 Å². The van der Waals surface area contributed by atoms with E-state index in [0.29, 0.717) is 6.54 Å². The summed E-state index contributed by atoms with van der Waals surface area (Å²) in [6.45, 7) is 4.62. The smallest absolute Gasteiger partial charge is 0.476 e. The molecule has 2 heterocycles. The third kappa shape index (κ3) is 6.05. The maximum Gasteiger partial charge on any atom is 0.490 e. The Hall–Kier alpha value is -2.88. The summed E-state index contributed by atoms with van der Waals surface area (Å²) in [6, 6.07) is 6.70. The number of aliphatic carboxylic acids is 1. The van der Waals surface area contributed by atoms with Crippen molar-refractivity contribution in [3.63, 3.8) is 0 Å². The van der Waals surface area contributed by atoms with E-state index in [-0.39, 0.29) is 5.69 Å². The Labute approximate surface area is 165 Å². The standard InChI is InChI=1S/C17H21N3O2.C2HF3O2/c1-3-12-4-5-14-10-20(7-6-13(14)8-12)11-15-9-19(2)18-16(15)17(21)22;3-2(4,5)1(6)7/h4-5,8-9H,3,6-7,10-11H2,1-2H3,(H,21,22);(H,6,7). The molecule has 0 bridgehead atoms. The highest BCUT2D eigenvalue weighted by Gasteiger charge is 2.38. The highest BCUT2D eigenvalue weighted by molar-refractivity contribution is 5.86. The van der Waals surface area contributed by atoms with Crippen molar-refractivity contribution in [3.8, 4) is 0 Å². The molecular weight excluding hydrogens is 391 g/mol. The van der Waals surface area contributed by atoms with Gasteiger partial charge in [-0.05, 0) is 29.5 Å². The Morgan fingerprint density at radius 1 is 1.21 bits per heavy atom. The van der Waals surface area contributed by atoms with Gasteiger partial charge >= 0.3 is 18.1 Å². The fourth-order valence-corrected chi connectivity index (χ4v) is 3.09. The van der Waals surface area contributed by atoms with Crippen LogP contribution in [0.15, 0.2) is 24.4 Å². The predicted molar refractivity (Wildman–Crippen MR) is 97.5 cm³/mol. The van der Waals surface area contributed by atoms with Crippen LogP contribution in [0.5, 0.6) is 0 Å². The number of carboxylic acid groups (broad SMARTS) is 2. The van der Waals surface area contributed by atoms with E-state index < -0.39 is 18.1 Å². The third-order valence-corrected chi connectivity index (χ3v) is 4.51. The number of halogens is 3. The van der Waals surface area contributed by atoms with Crippen molar-refractivity contribution in [2.75, 3.05) is 6.54 Å². The van der Waals surface area contributed by atoms with Gasteiger partial charge in [-0.3, -0.25) is 9.58 Å². The lowest BCUT2D eigenvalue weighted by molar-refractivity contribution is -0.192. The van der Waals surface area contributed by atoms with Crippen LogP contribution in [-0.4, -0.2) is 49.6 Å². The van der Waals surface area contributed by atoms with Gasteiger partial charge in [-0.25, -0.2) is 9.59 Å². The maximum absolute atomic E-state index is 11.3. The molecule has 0 atom stereocenters. The minimum Gasteiger partial charge on any atom is -0.476 e. The van der Waals surface area contributed by atoms with Gasteiger partial charge in [-0.2, -0.15) is 18.3 Å². The van der Waals surface area contributed by atoms with Gasteiger partial charge in [0.2, 0.25) is 0 Å². The van der Waals surface area contributed by atoms with Crippen LogP contribution in [-0.2, 0) is 37.8 Å². The molecule has 0 saturated carbocycles. The number of benzene rings is 1. The zero-order valence-corrected chi connectivity index (χ0v) is 16.0. The monoisotopic (exact) mass is 413 g/mol. The number of rotatable bonds is 4. The normalized spacial score (nSPS) is 14.0. The van der Waals surface area contributed by atoms with Crippen molar-refractivity contribution in [1.29, 1.82) is 0 Å². The number of fused-ring (bicyclic) bond motifs is 1. The van der Waals surface area contributed by atoms with E-state index in [0.717, 1.165) is 31.5 Å². The second-order valence-corrected chi connectivity index (χ2v) is 6.70. The second-order valence-electron chi connectivity index (χ2n) is 6.70. The summed E-state index contributed by atoms with van der Waals surface area (Å²) < 4.78 is 33.3. The fourth-order valence-electron chi connectivity index (χ4n) is 3.09. The van der Waals surface area contributed by atoms with Gasteiger partial charge in [-0.15, -0.1) is 0 Å². The fraction of sp³-hybridized carbons (Fsp3) is 0.421. The average molecular weight is 413 g/mol. The van der Waals surface area contributed by atoms with Gasteiger partial charge in [0.1, 0.15) is 0 Å². The van der Waals surface area contributed by atoms with Crippen LogP contribution in [0.1, 0.15) is 39.7 Å². The molecule has 7 nitrogen and oxygen atoms in total. The molecule has 2 N–H and O–H groups in total. The van der Waals surface area contributed by atoms with Crippen molar-refractivity contribution >= 4 is 11.9 Å². The molecule has 0 amide bonds. The molecule has 29 heavy (non-hydrogen) atoms. The number of hydrogen-bond acceptors (Lipinski definition) is 4. The number of nitrogens with zero attached hydrogens (tertiary/aromatic N) is 3. The SMILES string of the molecule is CCc1ccc2c(c1)CCN(Cc1cn(C)nc1C(=O)O)C2.O=C(O)C(F)(F)F. The summed E-state index contributed by atoms with van der Waals surface area (Å²) in [4.78, 5) is 22.4. The summed E-state index contributed by atoms with van der Waals surface area (Å²) in [5.74, 6) is -3.71. The molecule has 2 aromatic rings. The molecule has 0 spiro atoms. The number of aromatic carboxylic acids is 1. The van der Waals surface area contributed by atoms with Crippen molar-refractivity contribution < 1.29 is 33.0 Å². The highest BCUT2D eigenvalue weighted by atomic mass is 19.4. The maximum atomic E-state index is 11.3. The highest BCUT2D eigenvalue weighted by Crippen LogP contribution is 2.23. The van der Waals surface area contributed by atoms with Crippen LogP contribution in [0.25, 0.3) is 0 Å². The first kappa shape index (κ1) is 22.4. The Morgan fingerprint density at radius 2 is 1.86 bits per heavy atom. The van der Waals surface area contributed by atoms with Crippen molar-refractivity contribution in [2.45, 2.75) is 39.0 Å². The van der Waals surface area contributed by atoms with Crippen molar-refractivity contribution in [2.24, 2.45) is 7.05 Å². The van der Waals surface area contributed by atoms with E-state index in [2.05, 4.69) is 35.1 Å². The molecule has 0 fully saturated rings. The number of aromatic nitrogens is 2. The van der Waals surface area contributed by atoms with Crippen LogP contribution < -0.4 is 0 Å². The molecule has 1 aromatic heterocycles. The van der Waals surface area contributed by atoms with E-state index in [1.54, 1.807) is 17.9 Å². The quantitative estimate of drug-likeness (QED) is 0.800. The Balaban J connectivity index is 0.000000370. The van der Waals surface area contributed by atoms with Gasteiger partial charge in [0, 0.05) is 38.4 Å². The number of hydrogen-bond donors (Lipinski definition) is 2. The van der Waals surface area contributed by atoms with E-state index in [4.69, 9.17) is 9.90 Å². The third-order valence-electron chi connectivity index (χ3n) is 4.51. The van der Waals surface area contributed by atoms with E-state index in [1.165, 1.54) is 16.7 Å². The predicted octanol–water partition coefficient (Wildman–Crippen LogP) is 2.87. The van der Waals surface area contributed by atoms with E-state index in [9.17, 15) is 23.1 Å². The second kappa shape index (κ2) is 9.08. The first-order chi connectivity index (χ1) is 13.5. The first-order valence-corrected chi connectivity index (χ1v) is 8.90. The Kier molecular flexibility index (Phi) is 7.02. The van der Waals surface area contributed by atoms with Crippen LogP contribution in [0, 0.1) is 0 Å². The molecule has 1 aliphatic rings. The molecule has 3 rings (SSSR count). The van der Waals surface area contributed by atoms with Gasteiger partial charge in [-0.1, -0.05) is 25.1 Å². The molecule has 10 heteroatoms. The van der Waals surface area contributed by atoms with Gasteiger partial charge < -0.3 is 10.2 Å². The number of alkyl halides is 3.